The molecular formula is C22H24Cl3FN2O2. The van der Waals surface area contributed by atoms with Gasteiger partial charge in [0, 0.05) is 33.2 Å². The molecule has 2 aromatic carbocycles. The Balaban J connectivity index is 2.40. The number of hydrogen-bond donors (Lipinski definition) is 1. The van der Waals surface area contributed by atoms with Gasteiger partial charge in [0.1, 0.15) is 11.9 Å². The van der Waals surface area contributed by atoms with E-state index in [-0.39, 0.29) is 35.5 Å². The predicted molar refractivity (Wildman–Crippen MR) is 119 cm³/mol. The second kappa shape index (κ2) is 11.0. The molecule has 1 N–H and O–H groups in total. The minimum Gasteiger partial charge on any atom is -0.352 e. The Morgan fingerprint density at radius 1 is 1.10 bits per heavy atom. The number of rotatable bonds is 8. The van der Waals surface area contributed by atoms with Gasteiger partial charge in [-0.2, -0.15) is 0 Å². The predicted octanol–water partition coefficient (Wildman–Crippen LogP) is 5.66. The molecule has 0 aromatic heterocycles. The van der Waals surface area contributed by atoms with Crippen LogP contribution in [0.5, 0.6) is 0 Å². The van der Waals surface area contributed by atoms with Crippen molar-refractivity contribution in [3.63, 3.8) is 0 Å². The molecule has 4 nitrogen and oxygen atoms in total. The molecule has 0 radical (unpaired) electrons. The van der Waals surface area contributed by atoms with Gasteiger partial charge < -0.3 is 10.2 Å². The van der Waals surface area contributed by atoms with Crippen LogP contribution in [0.3, 0.4) is 0 Å². The van der Waals surface area contributed by atoms with Crippen LogP contribution in [0, 0.1) is 5.82 Å². The topological polar surface area (TPSA) is 49.4 Å². The molecule has 0 aliphatic rings. The maximum Gasteiger partial charge on any atom is 0.243 e. The summed E-state index contributed by atoms with van der Waals surface area (Å²) in [5.41, 5.74) is 0.723. The van der Waals surface area contributed by atoms with Gasteiger partial charge >= 0.3 is 0 Å². The summed E-state index contributed by atoms with van der Waals surface area (Å²) in [7, 11) is 0. The number of carbonyl (C=O) groups is 2. The molecule has 0 heterocycles. The molecule has 162 valence electrons. The third-order valence-electron chi connectivity index (χ3n) is 4.56. The number of nitrogens with zero attached hydrogens (tertiary/aromatic N) is 1. The summed E-state index contributed by atoms with van der Waals surface area (Å²) in [5, 5.41) is 3.84. The number of halogens is 4. The van der Waals surface area contributed by atoms with Crippen molar-refractivity contribution in [1.82, 2.24) is 10.2 Å². The first-order chi connectivity index (χ1) is 14.1. The monoisotopic (exact) mass is 472 g/mol. The summed E-state index contributed by atoms with van der Waals surface area (Å²) >= 11 is 18.4. The van der Waals surface area contributed by atoms with E-state index in [2.05, 4.69) is 5.32 Å². The van der Waals surface area contributed by atoms with Gasteiger partial charge in [0.2, 0.25) is 11.8 Å². The fourth-order valence-electron chi connectivity index (χ4n) is 3.09. The Kier molecular flexibility index (Phi) is 8.95. The minimum absolute atomic E-state index is 0.0743. The highest BCUT2D eigenvalue weighted by Gasteiger charge is 2.30. The molecule has 0 bridgehead atoms. The Hall–Kier alpha value is -1.82. The largest absolute Gasteiger partial charge is 0.352 e. The van der Waals surface area contributed by atoms with Gasteiger partial charge in [0.15, 0.2) is 0 Å². The van der Waals surface area contributed by atoms with Crippen LogP contribution in [0.2, 0.25) is 15.1 Å². The van der Waals surface area contributed by atoms with E-state index in [0.717, 1.165) is 0 Å². The average Bonchev–Trinajstić information content (AvgIpc) is 2.65. The quantitative estimate of drug-likeness (QED) is 0.538. The summed E-state index contributed by atoms with van der Waals surface area (Å²) in [4.78, 5) is 27.4. The van der Waals surface area contributed by atoms with E-state index in [9.17, 15) is 14.0 Å². The van der Waals surface area contributed by atoms with E-state index in [1.807, 2.05) is 20.8 Å². The summed E-state index contributed by atoms with van der Waals surface area (Å²) < 4.78 is 14.3. The fraction of sp³-hybridized carbons (Fsp3) is 0.364. The smallest absolute Gasteiger partial charge is 0.243 e. The molecule has 0 aliphatic heterocycles. The van der Waals surface area contributed by atoms with Crippen LogP contribution in [0.4, 0.5) is 4.39 Å². The maximum absolute atomic E-state index is 14.3. The molecule has 0 aliphatic carbocycles. The van der Waals surface area contributed by atoms with Crippen molar-refractivity contribution < 1.29 is 14.0 Å². The minimum atomic E-state index is -0.753. The zero-order valence-corrected chi connectivity index (χ0v) is 19.3. The Morgan fingerprint density at radius 2 is 1.80 bits per heavy atom. The van der Waals surface area contributed by atoms with Crippen molar-refractivity contribution in [2.24, 2.45) is 0 Å². The van der Waals surface area contributed by atoms with Crippen molar-refractivity contribution in [3.8, 4) is 0 Å². The first kappa shape index (κ1) is 24.4. The SMILES string of the molecule is CCC(C(=O)NC(C)C)N(Cc1ccc(Cl)cc1Cl)C(=O)Cc1c(F)cccc1Cl. The lowest BCUT2D eigenvalue weighted by atomic mass is 10.1. The lowest BCUT2D eigenvalue weighted by molar-refractivity contribution is -0.141. The molecule has 1 unspecified atom stereocenters. The van der Waals surface area contributed by atoms with Crippen LogP contribution in [0.15, 0.2) is 36.4 Å². The van der Waals surface area contributed by atoms with E-state index in [4.69, 9.17) is 34.8 Å². The van der Waals surface area contributed by atoms with Gasteiger partial charge in [0.25, 0.3) is 0 Å². The van der Waals surface area contributed by atoms with Gasteiger partial charge in [0.05, 0.1) is 6.42 Å². The second-order valence-corrected chi connectivity index (χ2v) is 8.47. The lowest BCUT2D eigenvalue weighted by Gasteiger charge is -2.31. The van der Waals surface area contributed by atoms with E-state index < -0.39 is 17.8 Å². The van der Waals surface area contributed by atoms with Gasteiger partial charge in [-0.1, -0.05) is 53.9 Å². The Labute approximate surface area is 191 Å². The van der Waals surface area contributed by atoms with Crippen molar-refractivity contribution >= 4 is 46.6 Å². The average molecular weight is 474 g/mol. The number of amides is 2. The van der Waals surface area contributed by atoms with Gasteiger partial charge in [-0.05, 0) is 50.1 Å². The number of benzene rings is 2. The van der Waals surface area contributed by atoms with Gasteiger partial charge in [-0.3, -0.25) is 9.59 Å². The van der Waals surface area contributed by atoms with E-state index in [0.29, 0.717) is 22.0 Å². The lowest BCUT2D eigenvalue weighted by Crippen LogP contribution is -2.50. The number of hydrogen-bond acceptors (Lipinski definition) is 2. The molecule has 8 heteroatoms. The molecule has 1 atom stereocenters. The van der Waals surface area contributed by atoms with E-state index in [1.165, 1.54) is 23.1 Å². The van der Waals surface area contributed by atoms with Crippen molar-refractivity contribution in [3.05, 3.63) is 68.4 Å². The summed E-state index contributed by atoms with van der Waals surface area (Å²) in [6, 6.07) is 8.34. The molecule has 2 amide bonds. The zero-order valence-electron chi connectivity index (χ0n) is 17.0. The first-order valence-electron chi connectivity index (χ1n) is 9.60. The highest BCUT2D eigenvalue weighted by atomic mass is 35.5. The van der Waals surface area contributed by atoms with Crippen LogP contribution < -0.4 is 5.32 Å². The van der Waals surface area contributed by atoms with Crippen LogP contribution >= 0.6 is 34.8 Å². The normalized spacial score (nSPS) is 12.0. The highest BCUT2D eigenvalue weighted by molar-refractivity contribution is 6.35. The Bertz CT molecular complexity index is 901. The van der Waals surface area contributed by atoms with Crippen molar-refractivity contribution in [2.75, 3.05) is 0 Å². The second-order valence-electron chi connectivity index (χ2n) is 7.22. The fourth-order valence-corrected chi connectivity index (χ4v) is 3.79. The van der Waals surface area contributed by atoms with Crippen LogP contribution in [0.1, 0.15) is 38.3 Å². The summed E-state index contributed by atoms with van der Waals surface area (Å²) in [5.74, 6) is -1.29. The highest BCUT2D eigenvalue weighted by Crippen LogP contribution is 2.25. The molecule has 0 spiro atoms. The first-order valence-corrected chi connectivity index (χ1v) is 10.7. The molecule has 2 aromatic rings. The molecular weight excluding hydrogens is 450 g/mol. The molecule has 0 fully saturated rings. The van der Waals surface area contributed by atoms with Crippen molar-refractivity contribution in [1.29, 1.82) is 0 Å². The Morgan fingerprint density at radius 3 is 2.37 bits per heavy atom. The van der Waals surface area contributed by atoms with Gasteiger partial charge in [-0.25, -0.2) is 4.39 Å². The molecule has 0 saturated carbocycles. The number of nitrogens with one attached hydrogen (secondary N) is 1. The number of carbonyl (C=O) groups excluding carboxylic acids is 2. The van der Waals surface area contributed by atoms with Crippen LogP contribution in [-0.2, 0) is 22.6 Å². The summed E-state index contributed by atoms with van der Waals surface area (Å²) in [6.45, 7) is 5.56. The third kappa shape index (κ3) is 6.34. The maximum atomic E-state index is 14.3. The zero-order chi connectivity index (χ0) is 22.4. The van der Waals surface area contributed by atoms with Crippen molar-refractivity contribution in [2.45, 2.75) is 52.2 Å². The van der Waals surface area contributed by atoms with E-state index >= 15 is 0 Å². The molecule has 30 heavy (non-hydrogen) atoms. The molecule has 2 rings (SSSR count). The third-order valence-corrected chi connectivity index (χ3v) is 5.50. The summed E-state index contributed by atoms with van der Waals surface area (Å²) in [6.07, 6.45) is 0.0999. The standard InChI is InChI=1S/C22H24Cl3FN2O2/c1-4-20(22(30)27-13(2)3)28(12-14-8-9-15(23)10-18(14)25)21(29)11-16-17(24)6-5-7-19(16)26/h5-10,13,20H,4,11-12H2,1-3H3,(H,27,30). The van der Waals surface area contributed by atoms with Gasteiger partial charge in [-0.15, -0.1) is 0 Å². The van der Waals surface area contributed by atoms with Crippen LogP contribution in [0.25, 0.3) is 0 Å². The van der Waals surface area contributed by atoms with E-state index in [1.54, 1.807) is 18.2 Å². The molecule has 0 saturated heterocycles. The van der Waals surface area contributed by atoms with Crippen LogP contribution in [-0.4, -0.2) is 28.8 Å².